The lowest BCUT2D eigenvalue weighted by Crippen LogP contribution is -2.34. The number of nitrogens with two attached hydrogens (primary N) is 2. The lowest BCUT2D eigenvalue weighted by Gasteiger charge is -2.14. The van der Waals surface area contributed by atoms with Crippen molar-refractivity contribution >= 4 is 40.8 Å². The monoisotopic (exact) mass is 276 g/mol. The summed E-state index contributed by atoms with van der Waals surface area (Å²) in [5.74, 6) is -0.557. The second kappa shape index (κ2) is 7.52. The summed E-state index contributed by atoms with van der Waals surface area (Å²) in [6.45, 7) is 0.289. The van der Waals surface area contributed by atoms with Gasteiger partial charge < -0.3 is 16.2 Å². The maximum absolute atomic E-state index is 11.2. The molecule has 0 spiro atoms. The lowest BCUT2D eigenvalue weighted by molar-refractivity contribution is -0.145. The molecule has 0 bridgehead atoms. The first-order chi connectivity index (χ1) is 6.87. The summed E-state index contributed by atoms with van der Waals surface area (Å²) in [6, 6.07) is -0.677. The first kappa shape index (κ1) is 15.3. The Balaban J connectivity index is 3.70. The van der Waals surface area contributed by atoms with Crippen LogP contribution in [0.15, 0.2) is 0 Å². The van der Waals surface area contributed by atoms with Crippen LogP contribution in [0.4, 0.5) is 0 Å². The number of ether oxygens (including phenoxy) is 1. The fourth-order valence-electron chi connectivity index (χ4n) is 0.886. The zero-order valence-electron chi connectivity index (χ0n) is 8.22. The third-order valence-electron chi connectivity index (χ3n) is 1.65. The predicted molar refractivity (Wildman–Crippen MR) is 62.1 cm³/mol. The van der Waals surface area contributed by atoms with E-state index in [0.717, 1.165) is 12.8 Å². The molecule has 15 heavy (non-hydrogen) atoms. The minimum atomic E-state index is -1.59. The number of esters is 1. The molecule has 4 N–H and O–H groups in total. The van der Waals surface area contributed by atoms with Gasteiger partial charge in [-0.15, -0.1) is 0 Å². The molecule has 90 valence electrons. The molecule has 0 aliphatic rings. The number of rotatable bonds is 6. The first-order valence-electron chi connectivity index (χ1n) is 4.56. The predicted octanol–water partition coefficient (Wildman–Crippen LogP) is 1.36. The molecule has 1 unspecified atom stereocenters. The van der Waals surface area contributed by atoms with E-state index in [0.29, 0.717) is 13.0 Å². The van der Waals surface area contributed by atoms with E-state index in [9.17, 15) is 4.79 Å². The van der Waals surface area contributed by atoms with Crippen LogP contribution in [-0.4, -0.2) is 29.0 Å². The average Bonchev–Trinajstić information content (AvgIpc) is 2.13. The van der Waals surface area contributed by atoms with Crippen molar-refractivity contribution in [2.24, 2.45) is 11.5 Å². The van der Waals surface area contributed by atoms with E-state index in [-0.39, 0.29) is 6.61 Å². The number of carbonyl (C=O) groups is 1. The van der Waals surface area contributed by atoms with E-state index in [1.54, 1.807) is 0 Å². The number of hydrogen-bond donors (Lipinski definition) is 2. The number of carbonyl (C=O) groups excluding carboxylic acids is 1. The second-order valence-electron chi connectivity index (χ2n) is 3.11. The summed E-state index contributed by atoms with van der Waals surface area (Å²) in [6.07, 6.45) is 2.13. The van der Waals surface area contributed by atoms with Gasteiger partial charge in [0, 0.05) is 0 Å². The highest BCUT2D eigenvalue weighted by Gasteiger charge is 2.24. The highest BCUT2D eigenvalue weighted by Crippen LogP contribution is 2.26. The number of halogens is 3. The normalized spacial score (nSPS) is 13.7. The number of unbranched alkanes of at least 4 members (excludes halogenated alkanes) is 1. The van der Waals surface area contributed by atoms with E-state index < -0.39 is 15.8 Å². The average molecular weight is 278 g/mol. The lowest BCUT2D eigenvalue weighted by atomic mass is 10.1. The van der Waals surface area contributed by atoms with E-state index >= 15 is 0 Å². The molecule has 0 fully saturated rings. The van der Waals surface area contributed by atoms with Crippen molar-refractivity contribution in [1.82, 2.24) is 0 Å². The first-order valence-corrected chi connectivity index (χ1v) is 5.69. The molecule has 0 saturated heterocycles. The molecular formula is C8H15Cl3N2O2. The van der Waals surface area contributed by atoms with Crippen molar-refractivity contribution in [1.29, 1.82) is 0 Å². The van der Waals surface area contributed by atoms with Gasteiger partial charge in [-0.3, -0.25) is 4.79 Å². The Kier molecular flexibility index (Phi) is 7.65. The molecule has 0 rings (SSSR count). The van der Waals surface area contributed by atoms with E-state index in [2.05, 4.69) is 0 Å². The summed E-state index contributed by atoms with van der Waals surface area (Å²) in [5.41, 5.74) is 10.8. The molecule has 0 aliphatic heterocycles. The number of alkyl halides is 3. The molecule has 0 aliphatic carbocycles. The summed E-state index contributed by atoms with van der Waals surface area (Å²) >= 11 is 16.2. The molecule has 0 radical (unpaired) electrons. The molecule has 4 nitrogen and oxygen atoms in total. The van der Waals surface area contributed by atoms with Crippen molar-refractivity contribution in [3.63, 3.8) is 0 Å². The van der Waals surface area contributed by atoms with Gasteiger partial charge in [0.1, 0.15) is 12.6 Å². The molecule has 1 atom stereocenters. The Labute approximate surface area is 104 Å². The maximum atomic E-state index is 11.2. The van der Waals surface area contributed by atoms with Crippen molar-refractivity contribution < 1.29 is 9.53 Å². The van der Waals surface area contributed by atoms with Gasteiger partial charge in [-0.1, -0.05) is 41.2 Å². The summed E-state index contributed by atoms with van der Waals surface area (Å²) in [5, 5.41) is 0. The highest BCUT2D eigenvalue weighted by molar-refractivity contribution is 6.67. The quantitative estimate of drug-likeness (QED) is 0.436. The molecule has 0 aromatic carbocycles. The smallest absolute Gasteiger partial charge is 0.323 e. The maximum Gasteiger partial charge on any atom is 0.323 e. The molecule has 0 amide bonds. The van der Waals surface area contributed by atoms with Crippen LogP contribution in [-0.2, 0) is 9.53 Å². The largest absolute Gasteiger partial charge is 0.460 e. The SMILES string of the molecule is NCCCCC(N)C(=O)OCC(Cl)(Cl)Cl. The standard InChI is InChI=1S/C8H15Cl3N2O2/c9-8(10,11)5-15-7(14)6(13)3-1-2-4-12/h6H,1-5,12-13H2. The van der Waals surface area contributed by atoms with E-state index in [1.807, 2.05) is 0 Å². The fraction of sp³-hybridized carbons (Fsp3) is 0.875. The zero-order chi connectivity index (χ0) is 11.9. The van der Waals surface area contributed by atoms with Crippen LogP contribution in [0, 0.1) is 0 Å². The van der Waals surface area contributed by atoms with Crippen LogP contribution < -0.4 is 11.5 Å². The van der Waals surface area contributed by atoms with Crippen LogP contribution in [0.2, 0.25) is 0 Å². The van der Waals surface area contributed by atoms with Crippen molar-refractivity contribution in [3.05, 3.63) is 0 Å². The summed E-state index contributed by atoms with van der Waals surface area (Å²) in [7, 11) is 0. The molecular weight excluding hydrogens is 262 g/mol. The topological polar surface area (TPSA) is 78.3 Å². The Morgan fingerprint density at radius 2 is 1.93 bits per heavy atom. The van der Waals surface area contributed by atoms with Gasteiger partial charge in [0.2, 0.25) is 3.79 Å². The molecule has 7 heteroatoms. The Morgan fingerprint density at radius 3 is 2.40 bits per heavy atom. The minimum Gasteiger partial charge on any atom is -0.460 e. The van der Waals surface area contributed by atoms with Gasteiger partial charge in [-0.2, -0.15) is 0 Å². The van der Waals surface area contributed by atoms with E-state index in [4.69, 9.17) is 51.0 Å². The van der Waals surface area contributed by atoms with Crippen LogP contribution >= 0.6 is 34.8 Å². The van der Waals surface area contributed by atoms with Gasteiger partial charge in [0.25, 0.3) is 0 Å². The molecule has 0 saturated carbocycles. The highest BCUT2D eigenvalue weighted by atomic mass is 35.6. The Hall–Kier alpha value is 0.260. The van der Waals surface area contributed by atoms with Crippen LogP contribution in [0.1, 0.15) is 19.3 Å². The molecule has 0 aromatic rings. The Morgan fingerprint density at radius 1 is 1.33 bits per heavy atom. The van der Waals surface area contributed by atoms with Crippen LogP contribution in [0.25, 0.3) is 0 Å². The van der Waals surface area contributed by atoms with Crippen molar-refractivity contribution in [2.75, 3.05) is 13.2 Å². The summed E-state index contributed by atoms with van der Waals surface area (Å²) < 4.78 is 3.12. The van der Waals surface area contributed by atoms with Gasteiger partial charge in [0.15, 0.2) is 0 Å². The minimum absolute atomic E-state index is 0.291. The van der Waals surface area contributed by atoms with Gasteiger partial charge in [-0.05, 0) is 19.4 Å². The van der Waals surface area contributed by atoms with Crippen LogP contribution in [0.5, 0.6) is 0 Å². The van der Waals surface area contributed by atoms with Gasteiger partial charge in [0.05, 0.1) is 0 Å². The van der Waals surface area contributed by atoms with E-state index in [1.165, 1.54) is 0 Å². The van der Waals surface area contributed by atoms with Crippen molar-refractivity contribution in [2.45, 2.75) is 29.1 Å². The Bertz CT molecular complexity index is 197. The molecule has 0 aromatic heterocycles. The third-order valence-corrected chi connectivity index (χ3v) is 1.98. The fourth-order valence-corrected chi connectivity index (χ4v) is 1.05. The van der Waals surface area contributed by atoms with Crippen LogP contribution in [0.3, 0.4) is 0 Å². The van der Waals surface area contributed by atoms with Gasteiger partial charge in [-0.25, -0.2) is 0 Å². The third kappa shape index (κ3) is 9.20. The zero-order valence-corrected chi connectivity index (χ0v) is 10.5. The van der Waals surface area contributed by atoms with Crippen molar-refractivity contribution in [3.8, 4) is 0 Å². The molecule has 0 heterocycles. The van der Waals surface area contributed by atoms with Gasteiger partial charge >= 0.3 is 5.97 Å². The number of hydrogen-bond acceptors (Lipinski definition) is 4. The second-order valence-corrected chi connectivity index (χ2v) is 5.63. The summed E-state index contributed by atoms with van der Waals surface area (Å²) in [4.78, 5) is 11.2.